The van der Waals surface area contributed by atoms with Gasteiger partial charge in [0.25, 0.3) is 0 Å². The molecule has 0 aromatic rings. The van der Waals surface area contributed by atoms with E-state index in [0.29, 0.717) is 0 Å². The molecule has 11 heavy (non-hydrogen) atoms. The fourth-order valence-electron chi connectivity index (χ4n) is 0.567. The second-order valence-corrected chi connectivity index (χ2v) is 4.21. The normalized spacial score (nSPS) is 14.2. The zero-order valence-electron chi connectivity index (χ0n) is 8.14. The Morgan fingerprint density at radius 2 is 1.45 bits per heavy atom. The Kier molecular flexibility index (Phi) is 3.06. The predicted octanol–water partition coefficient (Wildman–Crippen LogP) is 1.03. The van der Waals surface area contributed by atoms with E-state index in [1.54, 1.807) is 0 Å². The van der Waals surface area contributed by atoms with Gasteiger partial charge in [0.1, 0.15) is 0 Å². The van der Waals surface area contributed by atoms with Gasteiger partial charge in [0.05, 0.1) is 6.10 Å². The molecule has 0 unspecified atom stereocenters. The maximum absolute atomic E-state index is 5.75. The molecule has 0 atom stereocenters. The Hall–Kier alpha value is -0.120. The first kappa shape index (κ1) is 10.9. The molecule has 3 nitrogen and oxygen atoms in total. The Balaban J connectivity index is 4.22. The molecule has 4 N–H and O–H groups in total. The number of ether oxygens (including phenoxy) is 1. The van der Waals surface area contributed by atoms with Crippen LogP contribution in [-0.4, -0.2) is 12.0 Å². The lowest BCUT2D eigenvalue weighted by atomic mass is 9.90. The summed E-state index contributed by atoms with van der Waals surface area (Å²) in [6.07, 6.45) is 0.0595. The summed E-state index contributed by atoms with van der Waals surface area (Å²) in [5.74, 6) is -1.04. The van der Waals surface area contributed by atoms with E-state index in [4.69, 9.17) is 16.2 Å². The van der Waals surface area contributed by atoms with Crippen LogP contribution in [0.3, 0.4) is 0 Å². The maximum Gasteiger partial charge on any atom is 0.174 e. The van der Waals surface area contributed by atoms with Crippen molar-refractivity contribution < 1.29 is 4.74 Å². The van der Waals surface area contributed by atoms with Gasteiger partial charge in [-0.05, 0) is 13.8 Å². The van der Waals surface area contributed by atoms with Crippen molar-refractivity contribution in [2.75, 3.05) is 0 Å². The first-order valence-corrected chi connectivity index (χ1v) is 3.92. The van der Waals surface area contributed by atoms with E-state index in [2.05, 4.69) is 0 Å². The third kappa shape index (κ3) is 3.18. The lowest BCUT2D eigenvalue weighted by Crippen LogP contribution is -2.62. The lowest BCUT2D eigenvalue weighted by molar-refractivity contribution is -0.136. The van der Waals surface area contributed by atoms with E-state index >= 15 is 0 Å². The molecule has 3 heteroatoms. The van der Waals surface area contributed by atoms with Gasteiger partial charge in [0.15, 0.2) is 5.85 Å². The van der Waals surface area contributed by atoms with Gasteiger partial charge >= 0.3 is 0 Å². The minimum absolute atomic E-state index is 0.0595. The third-order valence-electron chi connectivity index (χ3n) is 1.60. The van der Waals surface area contributed by atoms with Crippen molar-refractivity contribution in [2.24, 2.45) is 16.9 Å². The molecule has 0 aromatic heterocycles. The zero-order valence-corrected chi connectivity index (χ0v) is 8.14. The molecule has 0 bridgehead atoms. The van der Waals surface area contributed by atoms with Crippen molar-refractivity contribution in [3.05, 3.63) is 0 Å². The van der Waals surface area contributed by atoms with Gasteiger partial charge in [-0.2, -0.15) is 0 Å². The highest BCUT2D eigenvalue weighted by Crippen LogP contribution is 2.25. The molecule has 0 saturated carbocycles. The van der Waals surface area contributed by atoms with Crippen LogP contribution in [0.1, 0.15) is 34.6 Å². The molecule has 0 fully saturated rings. The van der Waals surface area contributed by atoms with E-state index in [9.17, 15) is 0 Å². The summed E-state index contributed by atoms with van der Waals surface area (Å²) in [6, 6.07) is 0. The zero-order chi connectivity index (χ0) is 9.28. The molecule has 0 heterocycles. The number of hydrogen-bond donors (Lipinski definition) is 2. The van der Waals surface area contributed by atoms with Gasteiger partial charge in [-0.1, -0.05) is 20.8 Å². The summed E-state index contributed by atoms with van der Waals surface area (Å²) in [5.41, 5.74) is 11.3. The van der Waals surface area contributed by atoms with Crippen LogP contribution in [0.2, 0.25) is 0 Å². The van der Waals surface area contributed by atoms with Crippen molar-refractivity contribution >= 4 is 0 Å². The Morgan fingerprint density at radius 1 is 1.09 bits per heavy atom. The van der Waals surface area contributed by atoms with E-state index in [-0.39, 0.29) is 11.5 Å². The average Bonchev–Trinajstić information content (AvgIpc) is 1.56. The van der Waals surface area contributed by atoms with Crippen LogP contribution in [0.5, 0.6) is 0 Å². The smallest absolute Gasteiger partial charge is 0.174 e. The van der Waals surface area contributed by atoms with Gasteiger partial charge < -0.3 is 4.74 Å². The first-order valence-electron chi connectivity index (χ1n) is 3.92. The summed E-state index contributed by atoms with van der Waals surface area (Å²) in [7, 11) is 0. The highest BCUT2D eigenvalue weighted by Gasteiger charge is 2.36. The van der Waals surface area contributed by atoms with Crippen LogP contribution in [0.15, 0.2) is 0 Å². The molecule has 0 amide bonds. The van der Waals surface area contributed by atoms with Crippen molar-refractivity contribution in [1.29, 1.82) is 0 Å². The molecule has 0 aliphatic heterocycles. The first-order chi connectivity index (χ1) is 4.67. The second-order valence-electron chi connectivity index (χ2n) is 4.21. The Bertz CT molecular complexity index is 125. The monoisotopic (exact) mass is 160 g/mol. The predicted molar refractivity (Wildman–Crippen MR) is 46.8 cm³/mol. The van der Waals surface area contributed by atoms with E-state index in [1.807, 2.05) is 34.6 Å². The highest BCUT2D eigenvalue weighted by molar-refractivity contribution is 4.81. The standard InChI is InChI=1S/C8H20N2O/c1-6(2)11-8(9,10)7(3,4)5/h6H,9-10H2,1-5H3. The Morgan fingerprint density at radius 3 is 1.55 bits per heavy atom. The SMILES string of the molecule is CC(C)OC(N)(N)C(C)(C)C. The number of rotatable bonds is 2. The van der Waals surface area contributed by atoms with Gasteiger partial charge in [-0.3, -0.25) is 11.5 Å². The molecule has 0 aliphatic rings. The van der Waals surface area contributed by atoms with Gasteiger partial charge in [-0.25, -0.2) is 0 Å². The average molecular weight is 160 g/mol. The number of nitrogens with two attached hydrogens (primary N) is 2. The van der Waals surface area contributed by atoms with Crippen LogP contribution < -0.4 is 11.5 Å². The van der Waals surface area contributed by atoms with E-state index in [1.165, 1.54) is 0 Å². The summed E-state index contributed by atoms with van der Waals surface area (Å²) >= 11 is 0. The fraction of sp³-hybridized carbons (Fsp3) is 1.00. The minimum Gasteiger partial charge on any atom is -0.344 e. The summed E-state index contributed by atoms with van der Waals surface area (Å²) in [5, 5.41) is 0. The van der Waals surface area contributed by atoms with E-state index in [0.717, 1.165) is 0 Å². The van der Waals surface area contributed by atoms with Crippen LogP contribution >= 0.6 is 0 Å². The third-order valence-corrected chi connectivity index (χ3v) is 1.60. The molecule has 0 aromatic carbocycles. The van der Waals surface area contributed by atoms with Crippen molar-refractivity contribution in [1.82, 2.24) is 0 Å². The topological polar surface area (TPSA) is 61.3 Å². The van der Waals surface area contributed by atoms with Gasteiger partial charge in [0, 0.05) is 5.41 Å². The van der Waals surface area contributed by atoms with Crippen LogP contribution in [0.4, 0.5) is 0 Å². The summed E-state index contributed by atoms with van der Waals surface area (Å²) in [6.45, 7) is 9.69. The largest absolute Gasteiger partial charge is 0.344 e. The van der Waals surface area contributed by atoms with Crippen molar-refractivity contribution in [2.45, 2.75) is 46.6 Å². The molecule has 0 saturated heterocycles. The van der Waals surface area contributed by atoms with Crippen LogP contribution in [0, 0.1) is 5.41 Å². The molecule has 68 valence electrons. The Labute approximate surface area is 69.1 Å². The molecule has 0 rings (SSSR count). The van der Waals surface area contributed by atoms with Crippen molar-refractivity contribution in [3.63, 3.8) is 0 Å². The fourth-order valence-corrected chi connectivity index (χ4v) is 0.567. The maximum atomic E-state index is 5.75. The lowest BCUT2D eigenvalue weighted by Gasteiger charge is -2.38. The van der Waals surface area contributed by atoms with E-state index < -0.39 is 5.85 Å². The van der Waals surface area contributed by atoms with Crippen molar-refractivity contribution in [3.8, 4) is 0 Å². The quantitative estimate of drug-likeness (QED) is 0.593. The second kappa shape index (κ2) is 3.09. The molecule has 0 aliphatic carbocycles. The highest BCUT2D eigenvalue weighted by atomic mass is 16.5. The van der Waals surface area contributed by atoms with Crippen LogP contribution in [0.25, 0.3) is 0 Å². The minimum atomic E-state index is -1.04. The van der Waals surface area contributed by atoms with Gasteiger partial charge in [-0.15, -0.1) is 0 Å². The summed E-state index contributed by atoms with van der Waals surface area (Å²) < 4.78 is 5.36. The molecule has 0 spiro atoms. The van der Waals surface area contributed by atoms with Gasteiger partial charge in [0.2, 0.25) is 0 Å². The summed E-state index contributed by atoms with van der Waals surface area (Å²) in [4.78, 5) is 0. The molecular weight excluding hydrogens is 140 g/mol. The number of hydrogen-bond acceptors (Lipinski definition) is 3. The molecular formula is C8H20N2O. The van der Waals surface area contributed by atoms with Crippen LogP contribution in [-0.2, 0) is 4.74 Å². The molecule has 0 radical (unpaired) electrons.